The van der Waals surface area contributed by atoms with Crippen molar-refractivity contribution in [2.24, 2.45) is 5.92 Å². The summed E-state index contributed by atoms with van der Waals surface area (Å²) >= 11 is 5.55. The quantitative estimate of drug-likeness (QED) is 0.783. The Bertz CT molecular complexity index is 727. The van der Waals surface area contributed by atoms with Gasteiger partial charge in [0.1, 0.15) is 0 Å². The zero-order valence-corrected chi connectivity index (χ0v) is 14.7. The fourth-order valence-electron chi connectivity index (χ4n) is 3.07. The number of hydrogen-bond donors (Lipinski definition) is 0. The van der Waals surface area contributed by atoms with Gasteiger partial charge in [-0.3, -0.25) is 0 Å². The van der Waals surface area contributed by atoms with Gasteiger partial charge in [0, 0.05) is 19.0 Å². The maximum atomic E-state index is 13.0. The lowest BCUT2D eigenvalue weighted by Crippen LogP contribution is -2.41. The average molecular weight is 400 g/mol. The molecule has 0 unspecified atom stereocenters. The highest BCUT2D eigenvalue weighted by atomic mass is 35.5. The second-order valence-corrected chi connectivity index (χ2v) is 8.34. The van der Waals surface area contributed by atoms with E-state index >= 15 is 0 Å². The first kappa shape index (κ1) is 18.9. The van der Waals surface area contributed by atoms with Gasteiger partial charge in [-0.05, 0) is 31.0 Å². The molecule has 0 aromatic heterocycles. The van der Waals surface area contributed by atoms with Crippen LogP contribution in [0, 0.1) is 5.92 Å². The summed E-state index contributed by atoms with van der Waals surface area (Å²) in [6.45, 7) is 1.46. The molecule has 25 heavy (non-hydrogen) atoms. The number of ether oxygens (including phenoxy) is 2. The number of rotatable bonds is 3. The van der Waals surface area contributed by atoms with Crippen molar-refractivity contribution in [1.29, 1.82) is 0 Å². The summed E-state index contributed by atoms with van der Waals surface area (Å²) < 4.78 is 76.3. The molecule has 0 bridgehead atoms. The predicted octanol–water partition coefficient (Wildman–Crippen LogP) is 3.13. The largest absolute Gasteiger partial charge is 0.417 e. The minimum Gasteiger partial charge on any atom is -0.350 e. The third kappa shape index (κ3) is 3.95. The summed E-state index contributed by atoms with van der Waals surface area (Å²) in [6.07, 6.45) is -3.97. The molecule has 2 heterocycles. The van der Waals surface area contributed by atoms with E-state index in [4.69, 9.17) is 21.1 Å². The zero-order chi connectivity index (χ0) is 18.2. The van der Waals surface area contributed by atoms with E-state index in [1.807, 2.05) is 0 Å². The molecular formula is C15H17ClF3NO4S. The van der Waals surface area contributed by atoms with E-state index < -0.39 is 31.7 Å². The Balaban J connectivity index is 1.76. The second-order valence-electron chi connectivity index (χ2n) is 5.99. The van der Waals surface area contributed by atoms with E-state index in [2.05, 4.69) is 0 Å². The second kappa shape index (κ2) is 7.03. The number of piperidine rings is 1. The van der Waals surface area contributed by atoms with Crippen molar-refractivity contribution >= 4 is 21.6 Å². The van der Waals surface area contributed by atoms with Crippen molar-refractivity contribution in [3.63, 3.8) is 0 Å². The van der Waals surface area contributed by atoms with Gasteiger partial charge in [-0.2, -0.15) is 17.5 Å². The van der Waals surface area contributed by atoms with Crippen molar-refractivity contribution < 1.29 is 31.1 Å². The van der Waals surface area contributed by atoms with Gasteiger partial charge in [0.25, 0.3) is 0 Å². The van der Waals surface area contributed by atoms with Crippen molar-refractivity contribution in [3.05, 3.63) is 28.8 Å². The molecule has 140 valence electrons. The SMILES string of the molecule is O=S(=O)(c1ccc(Cl)c(C(F)(F)F)c1)N1CCC(C2OCCO2)CC1. The van der Waals surface area contributed by atoms with Crippen LogP contribution in [-0.2, 0) is 25.7 Å². The summed E-state index contributed by atoms with van der Waals surface area (Å²) in [7, 11) is -4.02. The van der Waals surface area contributed by atoms with Crippen LogP contribution in [0.25, 0.3) is 0 Å². The molecule has 0 atom stereocenters. The van der Waals surface area contributed by atoms with Gasteiger partial charge in [0.05, 0.1) is 28.7 Å². The third-order valence-corrected chi connectivity index (χ3v) is 6.64. The zero-order valence-electron chi connectivity index (χ0n) is 13.1. The molecule has 3 rings (SSSR count). The van der Waals surface area contributed by atoms with E-state index in [-0.39, 0.29) is 25.3 Å². The topological polar surface area (TPSA) is 55.8 Å². The normalized spacial score (nSPS) is 21.8. The van der Waals surface area contributed by atoms with Crippen molar-refractivity contribution in [2.75, 3.05) is 26.3 Å². The molecule has 2 fully saturated rings. The van der Waals surface area contributed by atoms with Crippen LogP contribution in [0.4, 0.5) is 13.2 Å². The molecule has 10 heteroatoms. The van der Waals surface area contributed by atoms with Gasteiger partial charge in [-0.15, -0.1) is 0 Å². The molecule has 0 saturated carbocycles. The smallest absolute Gasteiger partial charge is 0.350 e. The summed E-state index contributed by atoms with van der Waals surface area (Å²) in [5.41, 5.74) is -1.15. The molecule has 0 radical (unpaired) electrons. The standard InChI is InChI=1S/C15H17ClF3NO4S/c16-13-2-1-11(9-12(13)15(17,18)19)25(21,22)20-5-3-10(4-6-20)14-23-7-8-24-14/h1-2,9-10,14H,3-8H2. The molecule has 2 saturated heterocycles. The number of benzene rings is 1. The fourth-order valence-corrected chi connectivity index (χ4v) is 4.79. The van der Waals surface area contributed by atoms with E-state index in [1.54, 1.807) is 0 Å². The Kier molecular flexibility index (Phi) is 5.32. The molecule has 0 amide bonds. The Morgan fingerprint density at radius 2 is 1.72 bits per heavy atom. The molecule has 0 aliphatic carbocycles. The molecule has 2 aliphatic rings. The third-order valence-electron chi connectivity index (χ3n) is 4.41. The van der Waals surface area contributed by atoms with Crippen molar-refractivity contribution in [2.45, 2.75) is 30.2 Å². The van der Waals surface area contributed by atoms with Crippen LogP contribution < -0.4 is 0 Å². The maximum Gasteiger partial charge on any atom is 0.417 e. The first-order valence-electron chi connectivity index (χ1n) is 7.80. The Labute approximate surface area is 148 Å². The predicted molar refractivity (Wildman–Crippen MR) is 83.6 cm³/mol. The van der Waals surface area contributed by atoms with E-state index in [1.165, 1.54) is 4.31 Å². The van der Waals surface area contributed by atoms with Gasteiger partial charge >= 0.3 is 6.18 Å². The van der Waals surface area contributed by atoms with Crippen LogP contribution in [0.5, 0.6) is 0 Å². The number of sulfonamides is 1. The minimum atomic E-state index is -4.72. The molecule has 5 nitrogen and oxygen atoms in total. The monoisotopic (exact) mass is 399 g/mol. The van der Waals surface area contributed by atoms with Gasteiger partial charge in [0.2, 0.25) is 10.0 Å². The molecule has 1 aromatic rings. The van der Waals surface area contributed by atoms with Crippen LogP contribution in [0.15, 0.2) is 23.1 Å². The first-order chi connectivity index (χ1) is 11.7. The lowest BCUT2D eigenvalue weighted by Gasteiger charge is -2.33. The van der Waals surface area contributed by atoms with Crippen molar-refractivity contribution in [1.82, 2.24) is 4.31 Å². The molecule has 2 aliphatic heterocycles. The van der Waals surface area contributed by atoms with Gasteiger partial charge < -0.3 is 9.47 Å². The molecular weight excluding hydrogens is 383 g/mol. The van der Waals surface area contributed by atoms with Crippen LogP contribution >= 0.6 is 11.6 Å². The van der Waals surface area contributed by atoms with E-state index in [0.29, 0.717) is 32.1 Å². The maximum absolute atomic E-state index is 13.0. The van der Waals surface area contributed by atoms with Crippen LogP contribution in [-0.4, -0.2) is 45.3 Å². The highest BCUT2D eigenvalue weighted by Gasteiger charge is 2.37. The average Bonchev–Trinajstić information content (AvgIpc) is 3.08. The van der Waals surface area contributed by atoms with E-state index in [9.17, 15) is 21.6 Å². The van der Waals surface area contributed by atoms with Crippen LogP contribution in [0.1, 0.15) is 18.4 Å². The summed E-state index contributed by atoms with van der Waals surface area (Å²) in [5.74, 6) is 0.0879. The van der Waals surface area contributed by atoms with E-state index in [0.717, 1.165) is 12.1 Å². The Morgan fingerprint density at radius 1 is 1.12 bits per heavy atom. The number of halogens is 4. The molecule has 1 aromatic carbocycles. The number of nitrogens with zero attached hydrogens (tertiary/aromatic N) is 1. The number of alkyl halides is 3. The Morgan fingerprint density at radius 3 is 2.28 bits per heavy atom. The van der Waals surface area contributed by atoms with Crippen LogP contribution in [0.3, 0.4) is 0 Å². The minimum absolute atomic E-state index is 0.0879. The summed E-state index contributed by atoms with van der Waals surface area (Å²) in [5, 5.41) is -0.527. The fraction of sp³-hybridized carbons (Fsp3) is 0.600. The lowest BCUT2D eigenvalue weighted by molar-refractivity contribution is -0.137. The van der Waals surface area contributed by atoms with Gasteiger partial charge in [0.15, 0.2) is 6.29 Å². The van der Waals surface area contributed by atoms with Crippen LogP contribution in [0.2, 0.25) is 5.02 Å². The number of hydrogen-bond acceptors (Lipinski definition) is 4. The molecule has 0 spiro atoms. The summed E-state index contributed by atoms with van der Waals surface area (Å²) in [6, 6.07) is 2.65. The van der Waals surface area contributed by atoms with Crippen molar-refractivity contribution in [3.8, 4) is 0 Å². The highest BCUT2D eigenvalue weighted by molar-refractivity contribution is 7.89. The first-order valence-corrected chi connectivity index (χ1v) is 9.61. The lowest BCUT2D eigenvalue weighted by atomic mass is 9.98. The highest BCUT2D eigenvalue weighted by Crippen LogP contribution is 2.37. The van der Waals surface area contributed by atoms with Gasteiger partial charge in [-0.25, -0.2) is 8.42 Å². The summed E-state index contributed by atoms with van der Waals surface area (Å²) in [4.78, 5) is -0.406. The Hall–Kier alpha value is -0.870. The molecule has 0 N–H and O–H groups in total. The van der Waals surface area contributed by atoms with Gasteiger partial charge in [-0.1, -0.05) is 11.6 Å².